The number of hydrogen-bond donors (Lipinski definition) is 0. The molecule has 1 aromatic rings. The van der Waals surface area contributed by atoms with E-state index in [1.54, 1.807) is 6.08 Å². The van der Waals surface area contributed by atoms with Crippen LogP contribution in [0.4, 0.5) is 0 Å². The maximum atomic E-state index is 11.9. The van der Waals surface area contributed by atoms with Crippen molar-refractivity contribution in [3.8, 4) is 0 Å². The fourth-order valence-corrected chi connectivity index (χ4v) is 3.55. The summed E-state index contributed by atoms with van der Waals surface area (Å²) >= 11 is 2.80. The average molecular weight is 302 g/mol. The van der Waals surface area contributed by atoms with Crippen LogP contribution in [0.1, 0.15) is 10.7 Å². The van der Waals surface area contributed by atoms with Crippen LogP contribution in [0.2, 0.25) is 0 Å². The largest absolute Gasteiger partial charge is 1.00 e. The molecule has 8 heteroatoms. The summed E-state index contributed by atoms with van der Waals surface area (Å²) in [7, 11) is 0. The number of aromatic nitrogens is 1. The third-order valence-electron chi connectivity index (χ3n) is 2.68. The first-order chi connectivity index (χ1) is 8.58. The number of hydrogen-bond acceptors (Lipinski definition) is 6. The summed E-state index contributed by atoms with van der Waals surface area (Å²) in [4.78, 5) is 28.1. The third kappa shape index (κ3) is 2.41. The first-order valence-corrected chi connectivity index (χ1v) is 6.94. The summed E-state index contributed by atoms with van der Waals surface area (Å²) in [5, 5.41) is 14.8. The number of fused-ring (bicyclic) bond motifs is 1. The zero-order valence-corrected chi connectivity index (χ0v) is 13.9. The van der Waals surface area contributed by atoms with Gasteiger partial charge >= 0.3 is 29.6 Å². The van der Waals surface area contributed by atoms with Crippen molar-refractivity contribution < 1.29 is 44.3 Å². The zero-order chi connectivity index (χ0) is 12.9. The molecule has 1 aromatic heterocycles. The number of aryl methyl sites for hydroxylation is 1. The van der Waals surface area contributed by atoms with Crippen LogP contribution in [0.3, 0.4) is 0 Å². The molecule has 3 heterocycles. The Bertz CT molecular complexity index is 623. The second-order valence-corrected chi connectivity index (χ2v) is 5.86. The Labute approximate surface area is 139 Å². The standard InChI is InChI=1S/C11H8N2O3S2.Na/c1-5-12-6(3-17-5)2-7-9(14)13-8(11(15)16)4-18-10(7)13;/h2-4,10H,1H3,(H,15,16);/q;+1/p-1/b7-2-;/t10-;/m1./s1. The minimum atomic E-state index is -1.32. The van der Waals surface area contributed by atoms with E-state index in [1.165, 1.54) is 33.4 Å². The van der Waals surface area contributed by atoms with Gasteiger partial charge in [-0.15, -0.1) is 23.1 Å². The van der Waals surface area contributed by atoms with Crippen molar-refractivity contribution >= 4 is 41.1 Å². The predicted octanol–water partition coefficient (Wildman–Crippen LogP) is -2.65. The summed E-state index contributed by atoms with van der Waals surface area (Å²) in [6, 6.07) is 0. The van der Waals surface area contributed by atoms with E-state index >= 15 is 0 Å². The van der Waals surface area contributed by atoms with Crippen molar-refractivity contribution in [2.24, 2.45) is 0 Å². The van der Waals surface area contributed by atoms with E-state index in [0.29, 0.717) is 5.57 Å². The van der Waals surface area contributed by atoms with Crippen LogP contribution in [-0.4, -0.2) is 27.1 Å². The van der Waals surface area contributed by atoms with Gasteiger partial charge < -0.3 is 9.90 Å². The normalized spacial score (nSPS) is 22.7. The monoisotopic (exact) mass is 302 g/mol. The molecule has 1 atom stereocenters. The van der Waals surface area contributed by atoms with E-state index in [9.17, 15) is 14.7 Å². The molecular formula is C11H7N2NaO3S2. The van der Waals surface area contributed by atoms with Crippen LogP contribution in [0.25, 0.3) is 6.08 Å². The number of aliphatic carboxylic acids is 1. The van der Waals surface area contributed by atoms with Gasteiger partial charge in [-0.1, -0.05) is 0 Å². The molecule has 0 saturated carbocycles. The van der Waals surface area contributed by atoms with Gasteiger partial charge in [-0.25, -0.2) is 4.98 Å². The number of carbonyl (C=O) groups excluding carboxylic acids is 2. The molecular weight excluding hydrogens is 295 g/mol. The van der Waals surface area contributed by atoms with Gasteiger partial charge in [0.05, 0.1) is 27.9 Å². The van der Waals surface area contributed by atoms with Gasteiger partial charge in [0.2, 0.25) is 0 Å². The van der Waals surface area contributed by atoms with Crippen molar-refractivity contribution in [3.63, 3.8) is 0 Å². The molecule has 1 saturated heterocycles. The Morgan fingerprint density at radius 2 is 2.32 bits per heavy atom. The number of rotatable bonds is 2. The second-order valence-electron chi connectivity index (χ2n) is 3.85. The molecule has 2 aliphatic heterocycles. The Hall–Kier alpha value is -0.600. The number of amides is 1. The number of carboxylic acid groups (broad SMARTS) is 1. The molecule has 3 rings (SSSR count). The molecule has 5 nitrogen and oxygen atoms in total. The van der Waals surface area contributed by atoms with Crippen molar-refractivity contribution in [2.75, 3.05) is 0 Å². The smallest absolute Gasteiger partial charge is 0.543 e. The van der Waals surface area contributed by atoms with Crippen LogP contribution in [-0.2, 0) is 9.59 Å². The Kier molecular flexibility index (Phi) is 4.22. The molecule has 1 fully saturated rings. The summed E-state index contributed by atoms with van der Waals surface area (Å²) < 4.78 is 0. The van der Waals surface area contributed by atoms with Gasteiger partial charge in [0.25, 0.3) is 5.91 Å². The SMILES string of the molecule is Cc1nc(/C=C2/C(=O)N3C(C(=O)[O-])=CS[C@H]23)cs1.[Na+]. The van der Waals surface area contributed by atoms with Crippen LogP contribution in [0.5, 0.6) is 0 Å². The van der Waals surface area contributed by atoms with Crippen LogP contribution in [0.15, 0.2) is 22.1 Å². The van der Waals surface area contributed by atoms with Gasteiger partial charge in [0.1, 0.15) is 5.37 Å². The van der Waals surface area contributed by atoms with E-state index < -0.39 is 5.97 Å². The van der Waals surface area contributed by atoms with Crippen LogP contribution < -0.4 is 34.7 Å². The maximum Gasteiger partial charge on any atom is 1.00 e. The first kappa shape index (κ1) is 14.8. The maximum absolute atomic E-state index is 11.9. The number of carboxylic acids is 1. The number of carbonyl (C=O) groups is 2. The molecule has 92 valence electrons. The summed E-state index contributed by atoms with van der Waals surface area (Å²) in [5.74, 6) is -1.60. The molecule has 0 aliphatic carbocycles. The van der Waals surface area contributed by atoms with Gasteiger partial charge in [-0.05, 0) is 18.4 Å². The molecule has 0 bridgehead atoms. The van der Waals surface area contributed by atoms with Crippen molar-refractivity contribution in [2.45, 2.75) is 12.3 Å². The number of β-lactam (4-membered cyclic amide) rings is 1. The fourth-order valence-electron chi connectivity index (χ4n) is 1.86. The second kappa shape index (κ2) is 5.41. The third-order valence-corrected chi connectivity index (χ3v) is 4.56. The molecule has 1 amide bonds. The van der Waals surface area contributed by atoms with E-state index in [4.69, 9.17) is 0 Å². The van der Waals surface area contributed by atoms with E-state index in [0.717, 1.165) is 10.7 Å². The first-order valence-electron chi connectivity index (χ1n) is 5.12. The minimum absolute atomic E-state index is 0. The summed E-state index contributed by atoms with van der Waals surface area (Å²) in [6.45, 7) is 1.89. The van der Waals surface area contributed by atoms with Gasteiger partial charge in [0, 0.05) is 5.38 Å². The average Bonchev–Trinajstić information content (AvgIpc) is 2.89. The Balaban J connectivity index is 0.00000133. The Morgan fingerprint density at radius 3 is 2.89 bits per heavy atom. The van der Waals surface area contributed by atoms with Crippen LogP contribution in [0, 0.1) is 6.92 Å². The molecule has 19 heavy (non-hydrogen) atoms. The Morgan fingerprint density at radius 1 is 1.58 bits per heavy atom. The predicted molar refractivity (Wildman–Crippen MR) is 66.1 cm³/mol. The van der Waals surface area contributed by atoms with Gasteiger partial charge in [-0.2, -0.15) is 0 Å². The number of thiazole rings is 1. The minimum Gasteiger partial charge on any atom is -0.543 e. The van der Waals surface area contributed by atoms with Gasteiger partial charge in [-0.3, -0.25) is 9.69 Å². The van der Waals surface area contributed by atoms with E-state index in [1.807, 2.05) is 12.3 Å². The van der Waals surface area contributed by atoms with E-state index in [2.05, 4.69) is 4.98 Å². The van der Waals surface area contributed by atoms with Gasteiger partial charge in [0.15, 0.2) is 0 Å². The zero-order valence-electron chi connectivity index (χ0n) is 10.2. The molecule has 0 N–H and O–H groups in total. The van der Waals surface area contributed by atoms with E-state index in [-0.39, 0.29) is 46.5 Å². The molecule has 0 spiro atoms. The molecule has 0 aromatic carbocycles. The molecule has 0 unspecified atom stereocenters. The van der Waals surface area contributed by atoms with Crippen molar-refractivity contribution in [1.82, 2.24) is 9.88 Å². The fraction of sp³-hybridized carbons (Fsp3) is 0.182. The summed E-state index contributed by atoms with van der Waals surface area (Å²) in [5.41, 5.74) is 1.27. The van der Waals surface area contributed by atoms with Crippen molar-refractivity contribution in [1.29, 1.82) is 0 Å². The van der Waals surface area contributed by atoms with Crippen molar-refractivity contribution in [3.05, 3.63) is 32.8 Å². The molecule has 2 aliphatic rings. The number of nitrogens with zero attached hydrogens (tertiary/aromatic N) is 2. The number of thioether (sulfide) groups is 1. The topological polar surface area (TPSA) is 73.3 Å². The molecule has 0 radical (unpaired) electrons. The van der Waals surface area contributed by atoms with Crippen LogP contribution >= 0.6 is 23.1 Å². The quantitative estimate of drug-likeness (QED) is 0.339. The summed E-state index contributed by atoms with van der Waals surface area (Å²) in [6.07, 6.45) is 1.71.